The van der Waals surface area contributed by atoms with Gasteiger partial charge in [-0.15, -0.1) is 5.53 Å². The predicted molar refractivity (Wildman–Crippen MR) is 115 cm³/mol. The molecule has 3 aromatic heterocycles. The van der Waals surface area contributed by atoms with Gasteiger partial charge in [0.05, 0.1) is 42.1 Å². The van der Waals surface area contributed by atoms with Gasteiger partial charge in [0.2, 0.25) is 0 Å². The molecule has 0 saturated heterocycles. The Balaban J connectivity index is 1.48. The molecule has 0 amide bonds. The lowest BCUT2D eigenvalue weighted by Crippen LogP contribution is -2.41. The van der Waals surface area contributed by atoms with E-state index in [1.165, 1.54) is 12.4 Å². The van der Waals surface area contributed by atoms with Crippen molar-refractivity contribution in [2.75, 3.05) is 23.3 Å². The molecule has 0 saturated carbocycles. The van der Waals surface area contributed by atoms with Gasteiger partial charge in [-0.25, -0.2) is 13.4 Å². The normalized spacial score (nSPS) is 13.8. The summed E-state index contributed by atoms with van der Waals surface area (Å²) in [6.45, 7) is 0.598. The molecule has 1 aliphatic heterocycles. The molecule has 4 aromatic rings. The van der Waals surface area contributed by atoms with Gasteiger partial charge in [-0.05, 0) is 35.9 Å². The minimum atomic E-state index is -3.44. The van der Waals surface area contributed by atoms with Crippen molar-refractivity contribution in [3.63, 3.8) is 0 Å². The van der Waals surface area contributed by atoms with E-state index in [2.05, 4.69) is 27.8 Å². The van der Waals surface area contributed by atoms with E-state index < -0.39 is 10.0 Å². The Hall–Kier alpha value is -3.50. The van der Waals surface area contributed by atoms with Crippen LogP contribution in [0.15, 0.2) is 61.1 Å². The van der Waals surface area contributed by atoms with E-state index in [1.807, 2.05) is 47.4 Å². The zero-order chi connectivity index (χ0) is 20.9. The number of hydrogen-bond acceptors (Lipinski definition) is 8. The lowest BCUT2D eigenvalue weighted by molar-refractivity contribution is 0.586. The summed E-state index contributed by atoms with van der Waals surface area (Å²) in [6, 6.07) is 13.9. The standard InChI is InChI=1S/C20H19N7O2S/c1-25-19-8-7-18(16-11-22-27(13-16)30(2,28)29)23-20(19)26(24-25)12-14-5-6-17-15(10-14)4-3-9-21-17/h3-11,13,24H,12H2,1-2H3. The molecule has 30 heavy (non-hydrogen) atoms. The smallest absolute Gasteiger partial charge is 0.250 e. The number of nitrogens with zero attached hydrogens (tertiary/aromatic N) is 6. The fraction of sp³-hybridized carbons (Fsp3) is 0.150. The zero-order valence-electron chi connectivity index (χ0n) is 16.4. The Bertz CT molecular complexity index is 1370. The van der Waals surface area contributed by atoms with Crippen LogP contribution in [0.5, 0.6) is 0 Å². The van der Waals surface area contributed by atoms with Crippen LogP contribution < -0.4 is 15.6 Å². The summed E-state index contributed by atoms with van der Waals surface area (Å²) in [7, 11) is -1.52. The Labute approximate surface area is 173 Å². The fourth-order valence-corrected chi connectivity index (χ4v) is 4.00. The first-order chi connectivity index (χ1) is 14.4. The second-order valence-electron chi connectivity index (χ2n) is 7.18. The number of fused-ring (bicyclic) bond motifs is 2. The first kappa shape index (κ1) is 18.5. The van der Waals surface area contributed by atoms with Gasteiger partial charge >= 0.3 is 0 Å². The van der Waals surface area contributed by atoms with Crippen molar-refractivity contribution in [3.05, 3.63) is 66.6 Å². The molecule has 0 radical (unpaired) electrons. The van der Waals surface area contributed by atoms with Crippen molar-refractivity contribution >= 4 is 32.4 Å². The van der Waals surface area contributed by atoms with E-state index in [0.29, 0.717) is 17.8 Å². The highest BCUT2D eigenvalue weighted by Gasteiger charge is 2.26. The summed E-state index contributed by atoms with van der Waals surface area (Å²) in [6.07, 6.45) is 5.87. The molecule has 0 spiro atoms. The highest BCUT2D eigenvalue weighted by molar-refractivity contribution is 7.89. The van der Waals surface area contributed by atoms with Crippen molar-refractivity contribution in [1.82, 2.24) is 24.7 Å². The minimum Gasteiger partial charge on any atom is -0.290 e. The number of hydrogen-bond donors (Lipinski definition) is 1. The van der Waals surface area contributed by atoms with Crippen LogP contribution in [0.1, 0.15) is 5.56 Å². The van der Waals surface area contributed by atoms with Crippen LogP contribution in [0.4, 0.5) is 11.5 Å². The van der Waals surface area contributed by atoms with Gasteiger partial charge in [-0.3, -0.25) is 15.0 Å². The first-order valence-electron chi connectivity index (χ1n) is 9.26. The Kier molecular flexibility index (Phi) is 4.19. The van der Waals surface area contributed by atoms with Gasteiger partial charge in [0.1, 0.15) is 0 Å². The van der Waals surface area contributed by atoms with E-state index in [-0.39, 0.29) is 0 Å². The average Bonchev–Trinajstić information content (AvgIpc) is 3.34. The molecule has 0 atom stereocenters. The highest BCUT2D eigenvalue weighted by atomic mass is 32.2. The summed E-state index contributed by atoms with van der Waals surface area (Å²) >= 11 is 0. The van der Waals surface area contributed by atoms with Crippen molar-refractivity contribution in [3.8, 4) is 11.3 Å². The third kappa shape index (κ3) is 3.25. The van der Waals surface area contributed by atoms with Crippen LogP contribution in [0.2, 0.25) is 0 Å². The fourth-order valence-electron chi connectivity index (χ4n) is 3.48. The average molecular weight is 421 g/mol. The second-order valence-corrected chi connectivity index (χ2v) is 9.02. The lowest BCUT2D eigenvalue weighted by Gasteiger charge is -2.19. The van der Waals surface area contributed by atoms with Gasteiger partial charge in [0.15, 0.2) is 5.82 Å². The first-order valence-corrected chi connectivity index (χ1v) is 11.1. The number of rotatable bonds is 4. The molecule has 0 aliphatic carbocycles. The third-order valence-electron chi connectivity index (χ3n) is 4.95. The molecule has 1 aromatic carbocycles. The van der Waals surface area contributed by atoms with E-state index >= 15 is 0 Å². The number of hydrazine groups is 2. The molecule has 9 nitrogen and oxygen atoms in total. The molecular weight excluding hydrogens is 402 g/mol. The van der Waals surface area contributed by atoms with E-state index in [9.17, 15) is 8.42 Å². The van der Waals surface area contributed by atoms with Crippen LogP contribution in [0.3, 0.4) is 0 Å². The van der Waals surface area contributed by atoms with E-state index in [4.69, 9.17) is 4.98 Å². The Morgan fingerprint density at radius 2 is 2.00 bits per heavy atom. The van der Waals surface area contributed by atoms with Crippen LogP contribution in [-0.2, 0) is 16.6 Å². The van der Waals surface area contributed by atoms with Gasteiger partial charge in [0, 0.05) is 24.2 Å². The third-order valence-corrected chi connectivity index (χ3v) is 5.83. The molecule has 0 unspecified atom stereocenters. The lowest BCUT2D eigenvalue weighted by atomic mass is 10.1. The maximum atomic E-state index is 11.7. The van der Waals surface area contributed by atoms with E-state index in [0.717, 1.165) is 38.3 Å². The van der Waals surface area contributed by atoms with Crippen molar-refractivity contribution < 1.29 is 8.42 Å². The number of nitrogens with one attached hydrogen (secondary N) is 1. The molecule has 5 rings (SSSR count). The molecule has 0 fully saturated rings. The minimum absolute atomic E-state index is 0.598. The largest absolute Gasteiger partial charge is 0.290 e. The van der Waals surface area contributed by atoms with Gasteiger partial charge in [-0.1, -0.05) is 12.1 Å². The Morgan fingerprint density at radius 1 is 1.13 bits per heavy atom. The quantitative estimate of drug-likeness (QED) is 0.536. The topological polar surface area (TPSA) is 96.2 Å². The van der Waals surface area contributed by atoms with Crippen LogP contribution in [0, 0.1) is 0 Å². The second kappa shape index (κ2) is 6.78. The van der Waals surface area contributed by atoms with Crippen molar-refractivity contribution in [1.29, 1.82) is 0 Å². The monoisotopic (exact) mass is 421 g/mol. The predicted octanol–water partition coefficient (Wildman–Crippen LogP) is 2.18. The van der Waals surface area contributed by atoms with Gasteiger partial charge in [-0.2, -0.15) is 9.19 Å². The number of anilines is 2. The number of benzene rings is 1. The molecular formula is C20H19N7O2S. The van der Waals surface area contributed by atoms with Crippen molar-refractivity contribution in [2.45, 2.75) is 6.54 Å². The van der Waals surface area contributed by atoms with Crippen LogP contribution in [0.25, 0.3) is 22.2 Å². The highest BCUT2D eigenvalue weighted by Crippen LogP contribution is 2.34. The molecule has 1 N–H and O–H groups in total. The molecule has 0 bridgehead atoms. The van der Waals surface area contributed by atoms with Crippen LogP contribution >= 0.6 is 0 Å². The molecule has 10 heteroatoms. The SMILES string of the molecule is CN1NN(Cc2ccc3ncccc3c2)c2nc(-c3cnn(S(C)(=O)=O)c3)ccc21. The summed E-state index contributed by atoms with van der Waals surface area (Å²) in [5, 5.41) is 8.87. The van der Waals surface area contributed by atoms with Gasteiger partial charge < -0.3 is 0 Å². The van der Waals surface area contributed by atoms with Gasteiger partial charge in [0.25, 0.3) is 10.0 Å². The maximum absolute atomic E-state index is 11.7. The number of pyridine rings is 2. The summed E-state index contributed by atoms with van der Waals surface area (Å²) in [4.78, 5) is 9.14. The Morgan fingerprint density at radius 3 is 2.80 bits per heavy atom. The summed E-state index contributed by atoms with van der Waals surface area (Å²) < 4.78 is 24.4. The summed E-state index contributed by atoms with van der Waals surface area (Å²) in [5.74, 6) is 0.758. The van der Waals surface area contributed by atoms with Crippen LogP contribution in [-0.4, -0.2) is 40.9 Å². The van der Waals surface area contributed by atoms with E-state index in [1.54, 1.807) is 6.20 Å². The molecule has 1 aliphatic rings. The summed E-state index contributed by atoms with van der Waals surface area (Å²) in [5.41, 5.74) is 7.57. The zero-order valence-corrected chi connectivity index (χ0v) is 17.2. The number of aromatic nitrogens is 4. The molecule has 152 valence electrons. The maximum Gasteiger partial charge on any atom is 0.250 e. The van der Waals surface area contributed by atoms with Crippen molar-refractivity contribution in [2.24, 2.45) is 0 Å². The molecule has 4 heterocycles.